The van der Waals surface area contributed by atoms with Crippen molar-refractivity contribution >= 4 is 5.96 Å². The lowest BCUT2D eigenvalue weighted by Gasteiger charge is -2.42. The zero-order valence-corrected chi connectivity index (χ0v) is 17.1. The van der Waals surface area contributed by atoms with Crippen LogP contribution in [-0.2, 0) is 0 Å². The van der Waals surface area contributed by atoms with Crippen molar-refractivity contribution in [3.8, 4) is 0 Å². The minimum atomic E-state index is 0.478. The second-order valence-electron chi connectivity index (χ2n) is 8.57. The van der Waals surface area contributed by atoms with Crippen LogP contribution in [0, 0.1) is 11.3 Å². The molecule has 0 aromatic heterocycles. The zero-order chi connectivity index (χ0) is 18.1. The molecule has 2 fully saturated rings. The molecule has 0 bridgehead atoms. The maximum atomic E-state index is 4.94. The van der Waals surface area contributed by atoms with E-state index in [1.165, 1.54) is 58.3 Å². The molecule has 1 saturated heterocycles. The Morgan fingerprint density at radius 1 is 1.08 bits per heavy atom. The molecule has 2 N–H and O–H groups in total. The molecule has 0 radical (unpaired) electrons. The molecule has 1 aliphatic heterocycles. The zero-order valence-electron chi connectivity index (χ0n) is 17.1. The second-order valence-corrected chi connectivity index (χ2v) is 8.57. The first kappa shape index (κ1) is 20.5. The average Bonchev–Trinajstić information content (AvgIpc) is 2.74. The van der Waals surface area contributed by atoms with E-state index in [1.807, 2.05) is 0 Å². The number of hydrogen-bond acceptors (Lipinski definition) is 3. The molecule has 0 atom stereocenters. The monoisotopic (exact) mass is 351 g/mol. The van der Waals surface area contributed by atoms with Gasteiger partial charge in [-0.1, -0.05) is 20.3 Å². The van der Waals surface area contributed by atoms with E-state index in [9.17, 15) is 0 Å². The first-order valence-electron chi connectivity index (χ1n) is 10.5. The predicted molar refractivity (Wildman–Crippen MR) is 108 cm³/mol. The van der Waals surface area contributed by atoms with Crippen LogP contribution in [0.1, 0.15) is 52.9 Å². The molecule has 5 heteroatoms. The molecular weight excluding hydrogens is 310 g/mol. The van der Waals surface area contributed by atoms with Crippen LogP contribution in [0.15, 0.2) is 4.99 Å². The van der Waals surface area contributed by atoms with Crippen molar-refractivity contribution in [1.29, 1.82) is 0 Å². The summed E-state index contributed by atoms with van der Waals surface area (Å²) in [6.07, 6.45) is 6.69. The standard InChI is InChI=1S/C20H41N5/c1-5-21-19(23-17-20(8-6-9-20)16-18(2)3)22-10-13-25-12-7-11-24(4)14-15-25/h18H,5-17H2,1-4H3,(H2,21,22,23). The van der Waals surface area contributed by atoms with E-state index in [0.717, 1.165) is 38.1 Å². The average molecular weight is 352 g/mol. The molecule has 0 spiro atoms. The highest BCUT2D eigenvalue weighted by atomic mass is 15.2. The van der Waals surface area contributed by atoms with Gasteiger partial charge < -0.3 is 20.4 Å². The van der Waals surface area contributed by atoms with E-state index in [-0.39, 0.29) is 0 Å². The molecule has 2 rings (SSSR count). The first-order chi connectivity index (χ1) is 12.0. The van der Waals surface area contributed by atoms with E-state index in [0.29, 0.717) is 5.41 Å². The SMILES string of the molecule is CCNC(=NCC1(CC(C)C)CCC1)NCCN1CCCN(C)CC1. The van der Waals surface area contributed by atoms with Crippen molar-refractivity contribution in [1.82, 2.24) is 20.4 Å². The maximum absolute atomic E-state index is 4.94. The maximum Gasteiger partial charge on any atom is 0.191 e. The topological polar surface area (TPSA) is 42.9 Å². The van der Waals surface area contributed by atoms with Crippen molar-refractivity contribution in [3.05, 3.63) is 0 Å². The summed E-state index contributed by atoms with van der Waals surface area (Å²) < 4.78 is 0. The lowest BCUT2D eigenvalue weighted by molar-refractivity contribution is 0.111. The lowest BCUT2D eigenvalue weighted by Crippen LogP contribution is -2.43. The Hall–Kier alpha value is -0.810. The molecule has 1 aliphatic carbocycles. The Kier molecular flexibility index (Phi) is 8.50. The van der Waals surface area contributed by atoms with E-state index >= 15 is 0 Å². The van der Waals surface area contributed by atoms with Crippen LogP contribution in [-0.4, -0.2) is 75.2 Å². The fourth-order valence-corrected chi connectivity index (χ4v) is 4.21. The summed E-state index contributed by atoms with van der Waals surface area (Å²) in [4.78, 5) is 9.95. The van der Waals surface area contributed by atoms with Gasteiger partial charge in [0.2, 0.25) is 0 Å². The van der Waals surface area contributed by atoms with Gasteiger partial charge in [-0.15, -0.1) is 0 Å². The van der Waals surface area contributed by atoms with Gasteiger partial charge in [0, 0.05) is 39.3 Å². The Morgan fingerprint density at radius 3 is 2.52 bits per heavy atom. The summed E-state index contributed by atoms with van der Waals surface area (Å²) in [6.45, 7) is 15.6. The van der Waals surface area contributed by atoms with Crippen LogP contribution < -0.4 is 10.6 Å². The smallest absolute Gasteiger partial charge is 0.191 e. The Bertz CT molecular complexity index is 403. The van der Waals surface area contributed by atoms with Gasteiger partial charge >= 0.3 is 0 Å². The summed E-state index contributed by atoms with van der Waals surface area (Å²) >= 11 is 0. The molecule has 5 nitrogen and oxygen atoms in total. The highest BCUT2D eigenvalue weighted by Crippen LogP contribution is 2.46. The summed E-state index contributed by atoms with van der Waals surface area (Å²) in [5.74, 6) is 1.77. The molecule has 1 heterocycles. The third-order valence-corrected chi connectivity index (χ3v) is 5.70. The molecular formula is C20H41N5. The quantitative estimate of drug-likeness (QED) is 0.521. The largest absolute Gasteiger partial charge is 0.357 e. The molecule has 2 aliphatic rings. The van der Waals surface area contributed by atoms with Gasteiger partial charge in [-0.3, -0.25) is 4.99 Å². The van der Waals surface area contributed by atoms with Gasteiger partial charge in [0.25, 0.3) is 0 Å². The van der Waals surface area contributed by atoms with E-state index in [1.54, 1.807) is 0 Å². The molecule has 1 saturated carbocycles. The predicted octanol–water partition coefficient (Wildman–Crippen LogP) is 2.40. The van der Waals surface area contributed by atoms with Gasteiger partial charge in [-0.2, -0.15) is 0 Å². The van der Waals surface area contributed by atoms with Gasteiger partial charge in [0.1, 0.15) is 0 Å². The van der Waals surface area contributed by atoms with Gasteiger partial charge in [-0.25, -0.2) is 0 Å². The van der Waals surface area contributed by atoms with E-state index in [4.69, 9.17) is 4.99 Å². The van der Waals surface area contributed by atoms with Crippen LogP contribution in [0.3, 0.4) is 0 Å². The van der Waals surface area contributed by atoms with Crippen LogP contribution >= 0.6 is 0 Å². The highest BCUT2D eigenvalue weighted by Gasteiger charge is 2.37. The fraction of sp³-hybridized carbons (Fsp3) is 0.950. The van der Waals surface area contributed by atoms with Crippen LogP contribution in [0.5, 0.6) is 0 Å². The summed E-state index contributed by atoms with van der Waals surface area (Å²) in [6, 6.07) is 0. The van der Waals surface area contributed by atoms with Gasteiger partial charge in [-0.05, 0) is 64.1 Å². The third-order valence-electron chi connectivity index (χ3n) is 5.70. The van der Waals surface area contributed by atoms with Crippen molar-refractivity contribution in [2.24, 2.45) is 16.3 Å². The van der Waals surface area contributed by atoms with E-state index < -0.39 is 0 Å². The highest BCUT2D eigenvalue weighted by molar-refractivity contribution is 5.79. The number of likely N-dealkylation sites (N-methyl/N-ethyl adjacent to an activating group) is 1. The summed E-state index contributed by atoms with van der Waals surface area (Å²) in [7, 11) is 2.23. The Morgan fingerprint density at radius 2 is 1.88 bits per heavy atom. The van der Waals surface area contributed by atoms with Gasteiger partial charge in [0.15, 0.2) is 5.96 Å². The molecule has 0 aromatic carbocycles. The minimum absolute atomic E-state index is 0.478. The number of guanidine groups is 1. The molecule has 0 unspecified atom stereocenters. The number of nitrogens with zero attached hydrogens (tertiary/aromatic N) is 3. The van der Waals surface area contributed by atoms with Crippen LogP contribution in [0.2, 0.25) is 0 Å². The first-order valence-corrected chi connectivity index (χ1v) is 10.5. The Balaban J connectivity index is 1.77. The normalized spacial score (nSPS) is 22.5. The van der Waals surface area contributed by atoms with Crippen molar-refractivity contribution in [2.45, 2.75) is 52.9 Å². The number of nitrogens with one attached hydrogen (secondary N) is 2. The van der Waals surface area contributed by atoms with Crippen LogP contribution in [0.4, 0.5) is 0 Å². The van der Waals surface area contributed by atoms with Gasteiger partial charge in [0.05, 0.1) is 0 Å². The summed E-state index contributed by atoms with van der Waals surface area (Å²) in [5, 5.41) is 6.98. The molecule has 0 aromatic rings. The molecule has 146 valence electrons. The Labute approximate surface area is 155 Å². The van der Waals surface area contributed by atoms with Crippen molar-refractivity contribution < 1.29 is 0 Å². The third kappa shape index (κ3) is 7.14. The van der Waals surface area contributed by atoms with Crippen LogP contribution in [0.25, 0.3) is 0 Å². The minimum Gasteiger partial charge on any atom is -0.357 e. The lowest BCUT2D eigenvalue weighted by atomic mass is 9.64. The molecule has 0 amide bonds. The number of rotatable bonds is 8. The second kappa shape index (κ2) is 10.4. The molecule has 25 heavy (non-hydrogen) atoms. The number of aliphatic imine (C=N–C) groups is 1. The van der Waals surface area contributed by atoms with Crippen molar-refractivity contribution in [2.75, 3.05) is 59.4 Å². The van der Waals surface area contributed by atoms with Crippen molar-refractivity contribution in [3.63, 3.8) is 0 Å². The summed E-state index contributed by atoms with van der Waals surface area (Å²) in [5.41, 5.74) is 0.478. The number of hydrogen-bond donors (Lipinski definition) is 2. The fourth-order valence-electron chi connectivity index (χ4n) is 4.21. The van der Waals surface area contributed by atoms with E-state index in [2.05, 4.69) is 48.3 Å².